The molecule has 0 aromatic heterocycles. The molecule has 5 atom stereocenters. The molecule has 2 fully saturated rings. The predicted octanol–water partition coefficient (Wildman–Crippen LogP) is 2.46. The van der Waals surface area contributed by atoms with Gasteiger partial charge >= 0.3 is 0 Å². The summed E-state index contributed by atoms with van der Waals surface area (Å²) in [5.74, 6) is 0.831. The third-order valence-electron chi connectivity index (χ3n) is 6.51. The van der Waals surface area contributed by atoms with Crippen LogP contribution in [0.1, 0.15) is 52.4 Å². The number of fused-ring (bicyclic) bond motifs is 3. The van der Waals surface area contributed by atoms with Crippen LogP contribution in [0.3, 0.4) is 0 Å². The molecule has 112 valence electrons. The van der Waals surface area contributed by atoms with Crippen molar-refractivity contribution in [3.63, 3.8) is 0 Å². The number of ketones is 1. The van der Waals surface area contributed by atoms with Gasteiger partial charge in [0.1, 0.15) is 0 Å². The largest absolute Gasteiger partial charge is 0.396 e. The zero-order chi connectivity index (χ0) is 14.5. The van der Waals surface area contributed by atoms with Crippen molar-refractivity contribution in [2.45, 2.75) is 58.5 Å². The van der Waals surface area contributed by atoms with Crippen LogP contribution in [-0.4, -0.2) is 28.7 Å². The van der Waals surface area contributed by atoms with E-state index in [0.717, 1.165) is 31.3 Å². The van der Waals surface area contributed by atoms with Crippen molar-refractivity contribution in [2.75, 3.05) is 6.61 Å². The average Bonchev–Trinajstić information content (AvgIpc) is 2.42. The van der Waals surface area contributed by atoms with Crippen LogP contribution >= 0.6 is 0 Å². The van der Waals surface area contributed by atoms with Gasteiger partial charge in [-0.25, -0.2) is 0 Å². The standard InChI is InChI=1S/C17H26O3/c1-16(10-18)6-3-7-17(2)13-5-4-11(19)8-12(13)14(20)9-15(16)17/h8,13-15,18,20H,3-7,9-10H2,1-2H3/t13-,14-,15-,16+,17+/m0/s1. The molecule has 0 heterocycles. The van der Waals surface area contributed by atoms with Crippen molar-refractivity contribution in [2.24, 2.45) is 22.7 Å². The average molecular weight is 278 g/mol. The maximum absolute atomic E-state index is 11.7. The lowest BCUT2D eigenvalue weighted by Crippen LogP contribution is -2.55. The summed E-state index contributed by atoms with van der Waals surface area (Å²) in [5.41, 5.74) is 1.02. The van der Waals surface area contributed by atoms with E-state index in [0.29, 0.717) is 24.7 Å². The van der Waals surface area contributed by atoms with Gasteiger partial charge in [0.05, 0.1) is 6.10 Å². The van der Waals surface area contributed by atoms with E-state index >= 15 is 0 Å². The summed E-state index contributed by atoms with van der Waals surface area (Å²) < 4.78 is 0. The van der Waals surface area contributed by atoms with E-state index in [1.54, 1.807) is 6.08 Å². The summed E-state index contributed by atoms with van der Waals surface area (Å²) in [6.07, 6.45) is 6.73. The van der Waals surface area contributed by atoms with Gasteiger partial charge in [0.2, 0.25) is 0 Å². The molecule has 2 saturated carbocycles. The highest BCUT2D eigenvalue weighted by Crippen LogP contribution is 2.62. The Morgan fingerprint density at radius 1 is 1.35 bits per heavy atom. The van der Waals surface area contributed by atoms with Gasteiger partial charge in [0.25, 0.3) is 0 Å². The molecule has 0 radical (unpaired) electrons. The van der Waals surface area contributed by atoms with Gasteiger partial charge in [-0.15, -0.1) is 0 Å². The van der Waals surface area contributed by atoms with Crippen molar-refractivity contribution in [1.82, 2.24) is 0 Å². The highest BCUT2D eigenvalue weighted by molar-refractivity contribution is 5.91. The number of allylic oxidation sites excluding steroid dienone is 1. The van der Waals surface area contributed by atoms with Crippen LogP contribution in [0.15, 0.2) is 11.6 Å². The highest BCUT2D eigenvalue weighted by atomic mass is 16.3. The van der Waals surface area contributed by atoms with Crippen LogP contribution in [-0.2, 0) is 4.79 Å². The molecule has 3 nitrogen and oxygen atoms in total. The first kappa shape index (κ1) is 14.3. The predicted molar refractivity (Wildman–Crippen MR) is 77.1 cm³/mol. The van der Waals surface area contributed by atoms with Crippen LogP contribution in [0.5, 0.6) is 0 Å². The molecule has 0 bridgehead atoms. The summed E-state index contributed by atoms with van der Waals surface area (Å²) in [6.45, 7) is 4.69. The maximum Gasteiger partial charge on any atom is 0.155 e. The maximum atomic E-state index is 11.7. The smallest absolute Gasteiger partial charge is 0.155 e. The van der Waals surface area contributed by atoms with E-state index in [2.05, 4.69) is 13.8 Å². The SMILES string of the molecule is C[C@]1(CO)CCC[C@]2(C)[C@H]3CCC(=O)C=C3[C@@H](O)C[C@@H]12. The molecule has 2 N–H and O–H groups in total. The summed E-state index contributed by atoms with van der Waals surface area (Å²) in [5, 5.41) is 20.4. The second kappa shape index (κ2) is 4.67. The van der Waals surface area contributed by atoms with Gasteiger partial charge in [-0.05, 0) is 60.0 Å². The second-order valence-corrected chi connectivity index (χ2v) is 7.68. The minimum absolute atomic E-state index is 0.0824. The van der Waals surface area contributed by atoms with Gasteiger partial charge < -0.3 is 10.2 Å². The van der Waals surface area contributed by atoms with Crippen LogP contribution in [0.4, 0.5) is 0 Å². The molecule has 3 rings (SSSR count). The number of carbonyl (C=O) groups is 1. The molecule has 0 aromatic carbocycles. The lowest BCUT2D eigenvalue weighted by atomic mass is 9.45. The molecule has 3 aliphatic rings. The van der Waals surface area contributed by atoms with E-state index in [-0.39, 0.29) is 23.2 Å². The Balaban J connectivity index is 2.03. The molecule has 0 aliphatic heterocycles. The van der Waals surface area contributed by atoms with Gasteiger partial charge in [0.15, 0.2) is 5.78 Å². The fourth-order valence-electron chi connectivity index (χ4n) is 5.39. The number of rotatable bonds is 1. The Labute approximate surface area is 121 Å². The number of aliphatic hydroxyl groups is 2. The monoisotopic (exact) mass is 278 g/mol. The first-order chi connectivity index (χ1) is 9.40. The lowest BCUT2D eigenvalue weighted by molar-refractivity contribution is -0.123. The summed E-state index contributed by atoms with van der Waals surface area (Å²) in [4.78, 5) is 11.7. The Hall–Kier alpha value is -0.670. The van der Waals surface area contributed by atoms with Gasteiger partial charge in [0, 0.05) is 13.0 Å². The zero-order valence-electron chi connectivity index (χ0n) is 12.6. The van der Waals surface area contributed by atoms with Crippen molar-refractivity contribution in [3.8, 4) is 0 Å². The van der Waals surface area contributed by atoms with Crippen LogP contribution in [0, 0.1) is 22.7 Å². The molecule has 0 saturated heterocycles. The van der Waals surface area contributed by atoms with Crippen LogP contribution in [0.25, 0.3) is 0 Å². The fourth-order valence-corrected chi connectivity index (χ4v) is 5.39. The summed E-state index contributed by atoms with van der Waals surface area (Å²) >= 11 is 0. The highest BCUT2D eigenvalue weighted by Gasteiger charge is 2.57. The van der Waals surface area contributed by atoms with Crippen molar-refractivity contribution in [3.05, 3.63) is 11.6 Å². The molecule has 3 heteroatoms. The molecule has 0 aromatic rings. The number of hydrogen-bond donors (Lipinski definition) is 2. The van der Waals surface area contributed by atoms with E-state index in [1.165, 1.54) is 0 Å². The minimum atomic E-state index is -0.494. The minimum Gasteiger partial charge on any atom is -0.396 e. The lowest BCUT2D eigenvalue weighted by Gasteiger charge is -2.60. The molecule has 0 spiro atoms. The van der Waals surface area contributed by atoms with E-state index in [9.17, 15) is 15.0 Å². The van der Waals surface area contributed by atoms with Gasteiger partial charge in [-0.3, -0.25) is 4.79 Å². The Morgan fingerprint density at radius 2 is 2.10 bits per heavy atom. The van der Waals surface area contributed by atoms with E-state index in [1.807, 2.05) is 0 Å². The Morgan fingerprint density at radius 3 is 2.80 bits per heavy atom. The first-order valence-electron chi connectivity index (χ1n) is 7.94. The van der Waals surface area contributed by atoms with Crippen LogP contribution in [0.2, 0.25) is 0 Å². The Kier molecular flexibility index (Phi) is 3.33. The summed E-state index contributed by atoms with van der Waals surface area (Å²) in [7, 11) is 0. The quantitative estimate of drug-likeness (QED) is 0.774. The van der Waals surface area contributed by atoms with Crippen LogP contribution < -0.4 is 0 Å². The number of aliphatic hydroxyl groups excluding tert-OH is 2. The fraction of sp³-hybridized carbons (Fsp3) is 0.824. The summed E-state index contributed by atoms with van der Waals surface area (Å²) in [6, 6.07) is 0. The third kappa shape index (κ3) is 1.90. The van der Waals surface area contributed by atoms with E-state index in [4.69, 9.17) is 0 Å². The number of carbonyl (C=O) groups excluding carboxylic acids is 1. The Bertz CT molecular complexity index is 455. The molecule has 3 aliphatic carbocycles. The normalized spacial score (nSPS) is 48.3. The molecular formula is C17H26O3. The molecule has 0 unspecified atom stereocenters. The van der Waals surface area contributed by atoms with Gasteiger partial charge in [-0.2, -0.15) is 0 Å². The van der Waals surface area contributed by atoms with Crippen molar-refractivity contribution >= 4 is 5.78 Å². The molecular weight excluding hydrogens is 252 g/mol. The third-order valence-corrected chi connectivity index (χ3v) is 6.51. The van der Waals surface area contributed by atoms with Crippen molar-refractivity contribution in [1.29, 1.82) is 0 Å². The molecule has 20 heavy (non-hydrogen) atoms. The molecule has 0 amide bonds. The topological polar surface area (TPSA) is 57.5 Å². The zero-order valence-corrected chi connectivity index (χ0v) is 12.6. The van der Waals surface area contributed by atoms with Crippen molar-refractivity contribution < 1.29 is 15.0 Å². The second-order valence-electron chi connectivity index (χ2n) is 7.68. The first-order valence-corrected chi connectivity index (χ1v) is 7.94. The van der Waals surface area contributed by atoms with E-state index < -0.39 is 6.10 Å². The number of hydrogen-bond acceptors (Lipinski definition) is 3. The van der Waals surface area contributed by atoms with Gasteiger partial charge in [-0.1, -0.05) is 20.3 Å².